The number of fused-ring (bicyclic) bond motifs is 1. The fourth-order valence-electron chi connectivity index (χ4n) is 3.21. The van der Waals surface area contributed by atoms with Crippen molar-refractivity contribution in [2.75, 3.05) is 0 Å². The maximum atomic E-state index is 10.3. The van der Waals surface area contributed by atoms with E-state index in [-0.39, 0.29) is 0 Å². The van der Waals surface area contributed by atoms with E-state index in [0.29, 0.717) is 6.04 Å². The standard InChI is InChI=1S/C14H19NO2/c16-13-11-8-4-5-9-12(11)14(17)15(13)10-6-2-1-3-7-10/h4-5,8-10,13-14,16-17H,1-3,6-7H2. The molecule has 1 aromatic carbocycles. The first-order valence-corrected chi connectivity index (χ1v) is 6.51. The third-order valence-corrected chi connectivity index (χ3v) is 4.11. The first-order chi connectivity index (χ1) is 8.29. The third kappa shape index (κ3) is 1.79. The average molecular weight is 233 g/mol. The minimum atomic E-state index is -0.635. The van der Waals surface area contributed by atoms with Crippen molar-refractivity contribution in [2.45, 2.75) is 50.6 Å². The maximum Gasteiger partial charge on any atom is 0.136 e. The largest absolute Gasteiger partial charge is 0.374 e. The molecular weight excluding hydrogens is 214 g/mol. The van der Waals surface area contributed by atoms with Crippen molar-refractivity contribution in [1.82, 2.24) is 4.90 Å². The Morgan fingerprint density at radius 3 is 1.94 bits per heavy atom. The van der Waals surface area contributed by atoms with Gasteiger partial charge in [-0.1, -0.05) is 43.5 Å². The van der Waals surface area contributed by atoms with Gasteiger partial charge < -0.3 is 10.2 Å². The van der Waals surface area contributed by atoms with Crippen LogP contribution in [0.15, 0.2) is 24.3 Å². The molecular formula is C14H19NO2. The van der Waals surface area contributed by atoms with Crippen LogP contribution in [0.1, 0.15) is 55.7 Å². The molecule has 0 bridgehead atoms. The van der Waals surface area contributed by atoms with E-state index in [4.69, 9.17) is 0 Å². The van der Waals surface area contributed by atoms with E-state index in [2.05, 4.69) is 0 Å². The highest BCUT2D eigenvalue weighted by Gasteiger charge is 2.40. The second-order valence-electron chi connectivity index (χ2n) is 5.12. The van der Waals surface area contributed by atoms with Gasteiger partial charge in [0.25, 0.3) is 0 Å². The Morgan fingerprint density at radius 2 is 1.41 bits per heavy atom. The first-order valence-electron chi connectivity index (χ1n) is 6.51. The minimum absolute atomic E-state index is 0.321. The summed E-state index contributed by atoms with van der Waals surface area (Å²) >= 11 is 0. The van der Waals surface area contributed by atoms with Crippen LogP contribution in [0.4, 0.5) is 0 Å². The van der Waals surface area contributed by atoms with Gasteiger partial charge in [-0.15, -0.1) is 0 Å². The van der Waals surface area contributed by atoms with Crippen molar-refractivity contribution >= 4 is 0 Å². The molecule has 92 valence electrons. The highest BCUT2D eigenvalue weighted by atomic mass is 16.3. The van der Waals surface area contributed by atoms with Crippen LogP contribution in [0.3, 0.4) is 0 Å². The Kier molecular flexibility index (Phi) is 2.90. The van der Waals surface area contributed by atoms with E-state index in [1.54, 1.807) is 0 Å². The van der Waals surface area contributed by atoms with Gasteiger partial charge in [-0.25, -0.2) is 4.90 Å². The van der Waals surface area contributed by atoms with Crippen molar-refractivity contribution in [3.05, 3.63) is 35.4 Å². The molecule has 3 rings (SSSR count). The SMILES string of the molecule is OC1c2ccccc2C(O)N1C1CCCCC1. The summed E-state index contributed by atoms with van der Waals surface area (Å²) in [7, 11) is 0. The Hall–Kier alpha value is -0.900. The number of hydrogen-bond donors (Lipinski definition) is 2. The van der Waals surface area contributed by atoms with Crippen LogP contribution in [0.25, 0.3) is 0 Å². The summed E-state index contributed by atoms with van der Waals surface area (Å²) < 4.78 is 0. The van der Waals surface area contributed by atoms with Crippen LogP contribution in [0.5, 0.6) is 0 Å². The van der Waals surface area contributed by atoms with E-state index >= 15 is 0 Å². The molecule has 0 spiro atoms. The summed E-state index contributed by atoms with van der Waals surface area (Å²) in [6.45, 7) is 0. The molecule has 2 unspecified atom stereocenters. The predicted molar refractivity (Wildman–Crippen MR) is 65.1 cm³/mol. The predicted octanol–water partition coefficient (Wildman–Crippen LogP) is 2.32. The lowest BCUT2D eigenvalue weighted by molar-refractivity contribution is -0.116. The molecule has 2 aliphatic rings. The summed E-state index contributed by atoms with van der Waals surface area (Å²) in [4.78, 5) is 1.88. The van der Waals surface area contributed by atoms with Crippen LogP contribution in [-0.2, 0) is 0 Å². The lowest BCUT2D eigenvalue weighted by Crippen LogP contribution is -2.38. The Labute approximate surface area is 102 Å². The summed E-state index contributed by atoms with van der Waals surface area (Å²) in [5.74, 6) is 0. The normalized spacial score (nSPS) is 30.5. The van der Waals surface area contributed by atoms with E-state index < -0.39 is 12.5 Å². The van der Waals surface area contributed by atoms with Gasteiger partial charge in [0, 0.05) is 17.2 Å². The van der Waals surface area contributed by atoms with Crippen molar-refractivity contribution in [3.8, 4) is 0 Å². The zero-order valence-corrected chi connectivity index (χ0v) is 9.92. The summed E-state index contributed by atoms with van der Waals surface area (Å²) in [5.41, 5.74) is 1.73. The van der Waals surface area contributed by atoms with Crippen molar-refractivity contribution < 1.29 is 10.2 Å². The number of benzene rings is 1. The molecule has 0 saturated heterocycles. The Balaban J connectivity index is 1.88. The fraction of sp³-hybridized carbons (Fsp3) is 0.571. The minimum Gasteiger partial charge on any atom is -0.374 e. The first kappa shape index (κ1) is 11.2. The molecule has 0 radical (unpaired) electrons. The van der Waals surface area contributed by atoms with Gasteiger partial charge >= 0.3 is 0 Å². The van der Waals surface area contributed by atoms with E-state index in [0.717, 1.165) is 24.0 Å². The van der Waals surface area contributed by atoms with Gasteiger partial charge in [0.2, 0.25) is 0 Å². The molecule has 2 atom stereocenters. The van der Waals surface area contributed by atoms with Gasteiger partial charge in [-0.3, -0.25) is 0 Å². The molecule has 1 aromatic rings. The number of aliphatic hydroxyl groups excluding tert-OH is 2. The van der Waals surface area contributed by atoms with Crippen molar-refractivity contribution in [1.29, 1.82) is 0 Å². The zero-order valence-electron chi connectivity index (χ0n) is 9.92. The van der Waals surface area contributed by atoms with Crippen LogP contribution in [0.2, 0.25) is 0 Å². The highest BCUT2D eigenvalue weighted by molar-refractivity contribution is 5.34. The molecule has 2 N–H and O–H groups in total. The quantitative estimate of drug-likeness (QED) is 0.782. The smallest absolute Gasteiger partial charge is 0.136 e. The Bertz CT molecular complexity index is 372. The number of aliphatic hydroxyl groups is 2. The van der Waals surface area contributed by atoms with Crippen LogP contribution in [-0.4, -0.2) is 21.2 Å². The monoisotopic (exact) mass is 233 g/mol. The van der Waals surface area contributed by atoms with Crippen molar-refractivity contribution in [3.63, 3.8) is 0 Å². The average Bonchev–Trinajstić information content (AvgIpc) is 2.64. The van der Waals surface area contributed by atoms with Crippen LogP contribution < -0.4 is 0 Å². The van der Waals surface area contributed by atoms with Crippen molar-refractivity contribution in [2.24, 2.45) is 0 Å². The second-order valence-corrected chi connectivity index (χ2v) is 5.12. The van der Waals surface area contributed by atoms with Crippen LogP contribution in [0, 0.1) is 0 Å². The third-order valence-electron chi connectivity index (χ3n) is 4.11. The van der Waals surface area contributed by atoms with Gasteiger partial charge in [-0.05, 0) is 12.8 Å². The number of hydrogen-bond acceptors (Lipinski definition) is 3. The van der Waals surface area contributed by atoms with E-state index in [9.17, 15) is 10.2 Å². The molecule has 0 aromatic heterocycles. The molecule has 1 aliphatic carbocycles. The summed E-state index contributed by atoms with van der Waals surface area (Å²) in [6.07, 6.45) is 4.59. The molecule has 1 heterocycles. The van der Waals surface area contributed by atoms with E-state index in [1.807, 2.05) is 29.2 Å². The molecule has 17 heavy (non-hydrogen) atoms. The van der Waals surface area contributed by atoms with E-state index in [1.165, 1.54) is 19.3 Å². The topological polar surface area (TPSA) is 43.7 Å². The fourth-order valence-corrected chi connectivity index (χ4v) is 3.21. The molecule has 1 aliphatic heterocycles. The summed E-state index contributed by atoms with van der Waals surface area (Å²) in [6, 6.07) is 7.97. The van der Waals surface area contributed by atoms with Crippen LogP contribution >= 0.6 is 0 Å². The second kappa shape index (κ2) is 4.41. The highest BCUT2D eigenvalue weighted by Crippen LogP contribution is 2.43. The van der Waals surface area contributed by atoms with Gasteiger partial charge in [0.1, 0.15) is 12.5 Å². The molecule has 3 nitrogen and oxygen atoms in total. The van der Waals surface area contributed by atoms with Gasteiger partial charge in [0.15, 0.2) is 0 Å². The maximum absolute atomic E-state index is 10.3. The molecule has 1 fully saturated rings. The number of nitrogens with zero attached hydrogens (tertiary/aromatic N) is 1. The van der Waals surface area contributed by atoms with Gasteiger partial charge in [-0.2, -0.15) is 0 Å². The number of rotatable bonds is 1. The molecule has 3 heteroatoms. The summed E-state index contributed by atoms with van der Waals surface area (Å²) in [5, 5.41) is 20.7. The Morgan fingerprint density at radius 1 is 0.882 bits per heavy atom. The molecule has 0 amide bonds. The van der Waals surface area contributed by atoms with Gasteiger partial charge in [0.05, 0.1) is 0 Å². The molecule has 1 saturated carbocycles. The zero-order chi connectivity index (χ0) is 11.8. The lowest BCUT2D eigenvalue weighted by atomic mass is 9.94. The lowest BCUT2D eigenvalue weighted by Gasteiger charge is -2.35.